The minimum absolute atomic E-state index is 0.00339. The van der Waals surface area contributed by atoms with E-state index in [9.17, 15) is 28.1 Å². The number of hydrogen-bond acceptors (Lipinski definition) is 7. The first kappa shape index (κ1) is 31.6. The molecular weight excluding hydrogens is 616 g/mol. The van der Waals surface area contributed by atoms with Crippen molar-refractivity contribution in [1.82, 2.24) is 10.2 Å². The lowest BCUT2D eigenvalue weighted by Crippen LogP contribution is -2.53. The zero-order chi connectivity index (χ0) is 30.2. The van der Waals surface area contributed by atoms with Crippen LogP contribution in [0.5, 0.6) is 5.75 Å². The van der Waals surface area contributed by atoms with E-state index in [1.165, 1.54) is 24.1 Å². The van der Waals surface area contributed by atoms with Crippen molar-refractivity contribution in [3.8, 4) is 5.75 Å². The summed E-state index contributed by atoms with van der Waals surface area (Å²) in [7, 11) is -2.85. The van der Waals surface area contributed by atoms with Gasteiger partial charge in [0, 0.05) is 36.1 Å². The summed E-state index contributed by atoms with van der Waals surface area (Å²) in [5, 5.41) is 14.2. The van der Waals surface area contributed by atoms with Crippen LogP contribution in [0, 0.1) is 10.1 Å². The number of hydrogen-bond donors (Lipinski definition) is 1. The Hall–Kier alpha value is -3.97. The predicted molar refractivity (Wildman–Crippen MR) is 159 cm³/mol. The third-order valence-electron chi connectivity index (χ3n) is 6.19. The minimum atomic E-state index is -4.14. The van der Waals surface area contributed by atoms with Gasteiger partial charge in [-0.15, -0.1) is 0 Å². The van der Waals surface area contributed by atoms with Crippen molar-refractivity contribution in [3.63, 3.8) is 0 Å². The van der Waals surface area contributed by atoms with Gasteiger partial charge in [-0.3, -0.25) is 24.0 Å². The van der Waals surface area contributed by atoms with E-state index < -0.39 is 39.3 Å². The van der Waals surface area contributed by atoms with Gasteiger partial charge in [0.05, 0.1) is 18.3 Å². The van der Waals surface area contributed by atoms with Crippen LogP contribution >= 0.6 is 15.9 Å². The molecule has 0 saturated carbocycles. The van der Waals surface area contributed by atoms with Gasteiger partial charge in [0.15, 0.2) is 0 Å². The largest absolute Gasteiger partial charge is 0.495 e. The molecule has 0 radical (unpaired) electrons. The molecule has 3 rings (SSSR count). The Morgan fingerprint density at radius 2 is 1.73 bits per heavy atom. The van der Waals surface area contributed by atoms with Gasteiger partial charge < -0.3 is 15.0 Å². The number of nitro benzene ring substituents is 1. The number of nitrogens with zero attached hydrogens (tertiary/aromatic N) is 3. The first-order valence-corrected chi connectivity index (χ1v) is 15.2. The van der Waals surface area contributed by atoms with Crippen LogP contribution in [0.4, 0.5) is 11.4 Å². The van der Waals surface area contributed by atoms with Gasteiger partial charge in [-0.2, -0.15) is 0 Å². The van der Waals surface area contributed by atoms with Gasteiger partial charge >= 0.3 is 0 Å². The highest BCUT2D eigenvalue weighted by Gasteiger charge is 2.34. The molecule has 11 nitrogen and oxygen atoms in total. The number of ether oxygens (including phenoxy) is 1. The molecule has 0 heterocycles. The van der Waals surface area contributed by atoms with Gasteiger partial charge in [0.2, 0.25) is 21.8 Å². The molecule has 0 fully saturated rings. The second-order valence-electron chi connectivity index (χ2n) is 9.13. The highest BCUT2D eigenvalue weighted by atomic mass is 79.9. The third-order valence-corrected chi connectivity index (χ3v) is 7.80. The van der Waals surface area contributed by atoms with Gasteiger partial charge in [0.1, 0.15) is 24.0 Å². The Kier molecular flexibility index (Phi) is 10.8. The Morgan fingerprint density at radius 1 is 1.05 bits per heavy atom. The van der Waals surface area contributed by atoms with E-state index in [0.717, 1.165) is 26.7 Å². The van der Waals surface area contributed by atoms with Crippen molar-refractivity contribution < 1.29 is 27.7 Å². The van der Waals surface area contributed by atoms with Gasteiger partial charge in [-0.25, -0.2) is 8.42 Å². The molecule has 0 aliphatic heterocycles. The van der Waals surface area contributed by atoms with Gasteiger partial charge in [-0.05, 0) is 36.2 Å². The molecule has 3 aromatic rings. The second kappa shape index (κ2) is 14.1. The van der Waals surface area contributed by atoms with E-state index in [-0.39, 0.29) is 30.1 Å². The summed E-state index contributed by atoms with van der Waals surface area (Å²) < 4.78 is 32.8. The highest BCUT2D eigenvalue weighted by Crippen LogP contribution is 2.34. The van der Waals surface area contributed by atoms with Crippen LogP contribution in [-0.2, 0) is 32.6 Å². The van der Waals surface area contributed by atoms with E-state index in [2.05, 4.69) is 21.2 Å². The van der Waals surface area contributed by atoms with Gasteiger partial charge in [0.25, 0.3) is 5.69 Å². The molecule has 0 aromatic heterocycles. The Labute approximate surface area is 247 Å². The second-order valence-corrected chi connectivity index (χ2v) is 12.0. The number of halogens is 1. The molecule has 0 aliphatic carbocycles. The molecule has 218 valence electrons. The fraction of sp³-hybridized carbons (Fsp3) is 0.286. The number of carbonyl (C=O) groups excluding carboxylic acids is 2. The molecule has 0 aliphatic rings. The van der Waals surface area contributed by atoms with E-state index in [1.807, 2.05) is 36.4 Å². The number of likely N-dealkylation sites (N-methyl/N-ethyl adjacent to an activating group) is 1. The Balaban J connectivity index is 2.11. The number of benzene rings is 3. The van der Waals surface area contributed by atoms with E-state index in [4.69, 9.17) is 4.74 Å². The average Bonchev–Trinajstić information content (AvgIpc) is 2.93. The van der Waals surface area contributed by atoms with Crippen molar-refractivity contribution in [1.29, 1.82) is 0 Å². The van der Waals surface area contributed by atoms with Crippen LogP contribution < -0.4 is 14.4 Å². The van der Waals surface area contributed by atoms with Crippen molar-refractivity contribution in [2.45, 2.75) is 25.9 Å². The molecule has 2 amide bonds. The number of anilines is 1. The molecule has 1 atom stereocenters. The number of methoxy groups -OCH3 is 1. The summed E-state index contributed by atoms with van der Waals surface area (Å²) >= 11 is 3.43. The van der Waals surface area contributed by atoms with Crippen molar-refractivity contribution in [2.24, 2.45) is 0 Å². The first-order chi connectivity index (χ1) is 19.4. The lowest BCUT2D eigenvalue weighted by molar-refractivity contribution is -0.384. The number of amides is 2. The SMILES string of the molecule is CCNC(=O)[C@@H](Cc1ccccc1)N(Cc1cccc(Br)c1)C(=O)CN(c1cc([N+](=O)[O-])ccc1OC)S(C)(=O)=O. The fourth-order valence-electron chi connectivity index (χ4n) is 4.26. The quantitative estimate of drug-likeness (QED) is 0.219. The summed E-state index contributed by atoms with van der Waals surface area (Å²) in [6.07, 6.45) is 1.06. The van der Waals surface area contributed by atoms with Crippen LogP contribution in [-0.4, -0.2) is 62.6 Å². The maximum Gasteiger partial charge on any atom is 0.271 e. The smallest absolute Gasteiger partial charge is 0.271 e. The molecule has 41 heavy (non-hydrogen) atoms. The minimum Gasteiger partial charge on any atom is -0.495 e. The number of nitro groups is 1. The van der Waals surface area contributed by atoms with E-state index >= 15 is 0 Å². The van der Waals surface area contributed by atoms with Crippen LogP contribution in [0.3, 0.4) is 0 Å². The van der Waals surface area contributed by atoms with E-state index in [0.29, 0.717) is 12.1 Å². The van der Waals surface area contributed by atoms with Crippen molar-refractivity contribution in [2.75, 3.05) is 30.8 Å². The van der Waals surface area contributed by atoms with Gasteiger partial charge in [-0.1, -0.05) is 58.4 Å². The monoisotopic (exact) mass is 646 g/mol. The van der Waals surface area contributed by atoms with Crippen molar-refractivity contribution >= 4 is 49.1 Å². The third kappa shape index (κ3) is 8.51. The maximum absolute atomic E-state index is 14.1. The van der Waals surface area contributed by atoms with Crippen molar-refractivity contribution in [3.05, 3.63) is 98.5 Å². The zero-order valence-electron chi connectivity index (χ0n) is 22.8. The molecule has 0 spiro atoms. The topological polar surface area (TPSA) is 139 Å². The summed E-state index contributed by atoms with van der Waals surface area (Å²) in [5.41, 5.74) is 0.958. The molecule has 0 saturated heterocycles. The maximum atomic E-state index is 14.1. The molecule has 1 N–H and O–H groups in total. The lowest BCUT2D eigenvalue weighted by Gasteiger charge is -2.33. The Bertz CT molecular complexity index is 1500. The predicted octanol–water partition coefficient (Wildman–Crippen LogP) is 3.91. The number of nitrogens with one attached hydrogen (secondary N) is 1. The zero-order valence-corrected chi connectivity index (χ0v) is 25.2. The molecular formula is C28H31BrN4O7S. The average molecular weight is 648 g/mol. The number of non-ortho nitro benzene ring substituents is 1. The lowest BCUT2D eigenvalue weighted by atomic mass is 10.0. The van der Waals surface area contributed by atoms with E-state index in [1.54, 1.807) is 25.1 Å². The standard InChI is InChI=1S/C28H31BrN4O7S/c1-4-30-28(35)25(16-20-9-6-5-7-10-20)31(18-21-11-8-12-22(29)15-21)27(34)19-32(41(3,38)39)24-17-23(33(36)37)13-14-26(24)40-2/h5-15,17,25H,4,16,18-19H2,1-3H3,(H,30,35)/t25-/m1/s1. The fourth-order valence-corrected chi connectivity index (χ4v) is 5.55. The number of sulfonamides is 1. The normalized spacial score (nSPS) is 11.8. The Morgan fingerprint density at radius 3 is 2.32 bits per heavy atom. The van der Waals surface area contributed by atoms with Crippen LogP contribution in [0.15, 0.2) is 77.3 Å². The first-order valence-electron chi connectivity index (χ1n) is 12.6. The number of carbonyl (C=O) groups is 2. The summed E-state index contributed by atoms with van der Waals surface area (Å²) in [4.78, 5) is 39.6. The summed E-state index contributed by atoms with van der Waals surface area (Å²) in [6.45, 7) is 1.35. The highest BCUT2D eigenvalue weighted by molar-refractivity contribution is 9.10. The summed E-state index contributed by atoms with van der Waals surface area (Å²) in [6, 6.07) is 18.9. The van der Waals surface area contributed by atoms with Crippen LogP contribution in [0.2, 0.25) is 0 Å². The number of rotatable bonds is 13. The molecule has 0 unspecified atom stereocenters. The summed E-state index contributed by atoms with van der Waals surface area (Å²) in [5.74, 6) is -1.06. The van der Waals surface area contributed by atoms with Crippen LogP contribution in [0.25, 0.3) is 0 Å². The molecule has 3 aromatic carbocycles. The molecule has 0 bridgehead atoms. The van der Waals surface area contributed by atoms with Crippen LogP contribution in [0.1, 0.15) is 18.1 Å². The molecule has 13 heteroatoms.